The Labute approximate surface area is 249 Å². The topological polar surface area (TPSA) is 92.4 Å². The summed E-state index contributed by atoms with van der Waals surface area (Å²) < 4.78 is 23.1. The van der Waals surface area contributed by atoms with Gasteiger partial charge in [-0.25, -0.2) is 4.39 Å². The quantitative estimate of drug-likeness (QED) is 0.329. The zero-order valence-electron chi connectivity index (χ0n) is 23.5. The summed E-state index contributed by atoms with van der Waals surface area (Å²) in [6.45, 7) is 3.78. The summed E-state index contributed by atoms with van der Waals surface area (Å²) in [4.78, 5) is 19.1. The van der Waals surface area contributed by atoms with Gasteiger partial charge >= 0.3 is 6.01 Å². The molecule has 8 nitrogen and oxygen atoms in total. The maximum atomic E-state index is 16.7. The molecule has 6 heterocycles. The van der Waals surface area contributed by atoms with Gasteiger partial charge in [0.2, 0.25) is 0 Å². The lowest BCUT2D eigenvalue weighted by molar-refractivity contribution is 0.0865. The van der Waals surface area contributed by atoms with E-state index in [4.69, 9.17) is 32.0 Å². The number of aromatic nitrogens is 3. The number of nitrogens with zero attached hydrogens (tertiary/aromatic N) is 5. The number of ether oxygens (including phenoxy) is 1. The first-order chi connectivity index (χ1) is 20.5. The molecule has 3 N–H and O–H groups in total. The Hall–Kier alpha value is -3.11. The van der Waals surface area contributed by atoms with Gasteiger partial charge in [-0.15, -0.1) is 0 Å². The van der Waals surface area contributed by atoms with Gasteiger partial charge in [-0.2, -0.15) is 9.97 Å². The molecule has 2 bridgehead atoms. The Morgan fingerprint density at radius 3 is 2.69 bits per heavy atom. The summed E-state index contributed by atoms with van der Waals surface area (Å²) in [5.41, 5.74) is 7.12. The van der Waals surface area contributed by atoms with Crippen LogP contribution in [0.2, 0.25) is 5.02 Å². The summed E-state index contributed by atoms with van der Waals surface area (Å²) in [6.07, 6.45) is 8.29. The summed E-state index contributed by atoms with van der Waals surface area (Å²) in [6, 6.07) is 12.8. The minimum Gasteiger partial charge on any atom is -0.461 e. The SMILES string of the molecule is NC[C@H]1CC[C@@]2(COc3nc(N4CC5CCC(C4)N5)c4cnc(-c5cccc6cccc(Cl)c56)c(F)c4n3)CCCN12. The van der Waals surface area contributed by atoms with Crippen molar-refractivity contribution in [2.75, 3.05) is 37.7 Å². The average Bonchev–Trinajstić information content (AvgIpc) is 3.68. The zero-order valence-corrected chi connectivity index (χ0v) is 24.3. The number of hydrogen-bond donors (Lipinski definition) is 2. The standard InChI is InChI=1S/C32H35ClFN7O/c33-25-7-2-5-19-4-1-6-23(26(19)25)28-27(34)29-24(15-36-28)30(40-16-20-8-9-21(17-40)37-20)39-31(38-29)42-18-32-11-3-13-41(32)22(14-35)10-12-32/h1-2,4-7,15,20-22,37H,3,8-14,16-18,35H2/t20?,21?,22-,32-/m1/s1. The molecule has 0 aliphatic carbocycles. The van der Waals surface area contributed by atoms with Crippen LogP contribution in [0.3, 0.4) is 0 Å². The number of pyridine rings is 1. The summed E-state index contributed by atoms with van der Waals surface area (Å²) >= 11 is 6.62. The van der Waals surface area contributed by atoms with Crippen molar-refractivity contribution in [1.82, 2.24) is 25.2 Å². The molecule has 0 saturated carbocycles. The first-order valence-corrected chi connectivity index (χ1v) is 15.6. The van der Waals surface area contributed by atoms with Crippen molar-refractivity contribution in [3.8, 4) is 17.3 Å². The van der Waals surface area contributed by atoms with E-state index in [1.165, 1.54) is 0 Å². The summed E-state index contributed by atoms with van der Waals surface area (Å²) in [7, 11) is 0. The Kier molecular flexibility index (Phi) is 6.48. The number of anilines is 1. The van der Waals surface area contributed by atoms with Gasteiger partial charge in [0.1, 0.15) is 23.6 Å². The van der Waals surface area contributed by atoms with E-state index in [0.717, 1.165) is 68.9 Å². The van der Waals surface area contributed by atoms with Crippen molar-refractivity contribution in [1.29, 1.82) is 0 Å². The first kappa shape index (κ1) is 26.5. The Morgan fingerprint density at radius 2 is 1.88 bits per heavy atom. The molecule has 218 valence electrons. The van der Waals surface area contributed by atoms with E-state index in [2.05, 4.69) is 20.1 Å². The van der Waals surface area contributed by atoms with Crippen molar-refractivity contribution in [2.24, 2.45) is 5.73 Å². The van der Waals surface area contributed by atoms with Crippen molar-refractivity contribution < 1.29 is 9.13 Å². The largest absolute Gasteiger partial charge is 0.461 e. The molecule has 42 heavy (non-hydrogen) atoms. The maximum Gasteiger partial charge on any atom is 0.319 e. The van der Waals surface area contributed by atoms with Gasteiger partial charge in [-0.05, 0) is 56.5 Å². The molecule has 0 radical (unpaired) electrons. The van der Waals surface area contributed by atoms with Crippen LogP contribution in [-0.2, 0) is 0 Å². The first-order valence-electron chi connectivity index (χ1n) is 15.2. The highest BCUT2D eigenvalue weighted by molar-refractivity contribution is 6.36. The van der Waals surface area contributed by atoms with Crippen LogP contribution in [0, 0.1) is 5.82 Å². The second kappa shape index (κ2) is 10.3. The number of rotatable bonds is 6. The molecule has 2 aromatic heterocycles. The van der Waals surface area contributed by atoms with Crippen molar-refractivity contribution in [3.05, 3.63) is 53.4 Å². The van der Waals surface area contributed by atoms with Crippen molar-refractivity contribution in [3.63, 3.8) is 0 Å². The third kappa shape index (κ3) is 4.24. The van der Waals surface area contributed by atoms with Gasteiger partial charge in [0.05, 0.1) is 10.9 Å². The van der Waals surface area contributed by atoms with Crippen LogP contribution in [0.1, 0.15) is 38.5 Å². The van der Waals surface area contributed by atoms with Crippen molar-refractivity contribution in [2.45, 2.75) is 62.2 Å². The molecule has 10 heteroatoms. The molecule has 4 aromatic rings. The molecular formula is C32H35ClFN7O. The van der Waals surface area contributed by atoms with Crippen LogP contribution in [0.5, 0.6) is 6.01 Å². The second-order valence-corrected chi connectivity index (χ2v) is 12.8. The number of fused-ring (bicyclic) bond motifs is 5. The number of benzene rings is 2. The number of nitrogens with one attached hydrogen (secondary N) is 1. The Bertz CT molecular complexity index is 1670. The fourth-order valence-electron chi connectivity index (χ4n) is 8.04. The Morgan fingerprint density at radius 1 is 1.07 bits per heavy atom. The van der Waals surface area contributed by atoms with Crippen LogP contribution in [-0.4, -0.2) is 76.3 Å². The van der Waals surface area contributed by atoms with Gasteiger partial charge in [0.15, 0.2) is 5.82 Å². The normalized spacial score (nSPS) is 27.3. The Balaban J connectivity index is 1.23. The second-order valence-electron chi connectivity index (χ2n) is 12.4. The van der Waals surface area contributed by atoms with E-state index in [0.29, 0.717) is 53.1 Å². The highest BCUT2D eigenvalue weighted by atomic mass is 35.5. The van der Waals surface area contributed by atoms with E-state index in [9.17, 15) is 0 Å². The number of halogens is 2. The molecule has 0 amide bonds. The van der Waals surface area contributed by atoms with E-state index < -0.39 is 5.82 Å². The molecule has 0 spiro atoms. The predicted octanol–water partition coefficient (Wildman–Crippen LogP) is 4.91. The molecule has 2 aromatic carbocycles. The lowest BCUT2D eigenvalue weighted by atomic mass is 9.95. The van der Waals surface area contributed by atoms with Crippen LogP contribution in [0.25, 0.3) is 32.9 Å². The molecule has 2 unspecified atom stereocenters. The number of nitrogens with two attached hydrogens (primary N) is 1. The van der Waals surface area contributed by atoms with Crippen LogP contribution in [0.4, 0.5) is 10.2 Å². The molecule has 4 aliphatic heterocycles. The van der Waals surface area contributed by atoms with Gasteiger partial charge in [-0.1, -0.05) is 41.9 Å². The smallest absolute Gasteiger partial charge is 0.319 e. The van der Waals surface area contributed by atoms with Gasteiger partial charge in [0.25, 0.3) is 0 Å². The highest BCUT2D eigenvalue weighted by Gasteiger charge is 2.49. The van der Waals surface area contributed by atoms with Crippen LogP contribution in [0.15, 0.2) is 42.6 Å². The van der Waals surface area contributed by atoms with E-state index in [1.807, 2.05) is 36.4 Å². The van der Waals surface area contributed by atoms with Gasteiger partial charge < -0.3 is 20.7 Å². The zero-order chi connectivity index (χ0) is 28.4. The monoisotopic (exact) mass is 587 g/mol. The predicted molar refractivity (Wildman–Crippen MR) is 164 cm³/mol. The molecular weight excluding hydrogens is 553 g/mol. The molecule has 4 fully saturated rings. The molecule has 4 atom stereocenters. The minimum atomic E-state index is -0.490. The van der Waals surface area contributed by atoms with Gasteiger partial charge in [-0.3, -0.25) is 9.88 Å². The van der Waals surface area contributed by atoms with E-state index in [-0.39, 0.29) is 22.8 Å². The third-order valence-corrected chi connectivity index (χ3v) is 10.4. The summed E-state index contributed by atoms with van der Waals surface area (Å²) in [5, 5.41) is 6.53. The lowest BCUT2D eigenvalue weighted by Gasteiger charge is -2.35. The summed E-state index contributed by atoms with van der Waals surface area (Å²) in [5.74, 6) is 0.200. The fourth-order valence-corrected chi connectivity index (χ4v) is 8.32. The van der Waals surface area contributed by atoms with E-state index >= 15 is 4.39 Å². The highest BCUT2D eigenvalue weighted by Crippen LogP contribution is 2.43. The van der Waals surface area contributed by atoms with E-state index in [1.54, 1.807) is 6.20 Å². The van der Waals surface area contributed by atoms with Gasteiger partial charge in [0, 0.05) is 59.9 Å². The molecule has 8 rings (SSSR count). The number of hydrogen-bond acceptors (Lipinski definition) is 8. The lowest BCUT2D eigenvalue weighted by Crippen LogP contribution is -2.51. The number of piperazine rings is 1. The molecule has 4 saturated heterocycles. The van der Waals surface area contributed by atoms with Crippen molar-refractivity contribution >= 4 is 39.1 Å². The van der Waals surface area contributed by atoms with Crippen LogP contribution >= 0.6 is 11.6 Å². The maximum absolute atomic E-state index is 16.7. The molecule has 4 aliphatic rings. The fraction of sp³-hybridized carbons (Fsp3) is 0.469. The van der Waals surface area contributed by atoms with Crippen LogP contribution < -0.4 is 20.7 Å². The third-order valence-electron chi connectivity index (χ3n) is 10.0. The minimum absolute atomic E-state index is 0.0572. The average molecular weight is 588 g/mol.